The van der Waals surface area contributed by atoms with Gasteiger partial charge in [0.1, 0.15) is 33.8 Å². The molecule has 0 N–H and O–H groups in total. The minimum Gasteiger partial charge on any atom is -0.390 e. The normalized spacial score (nSPS) is 12.3. The monoisotopic (exact) mass is 866 g/mol. The second-order valence-corrected chi connectivity index (χ2v) is 21.5. The zero-order valence-corrected chi connectivity index (χ0v) is 40.1. The van der Waals surface area contributed by atoms with Crippen molar-refractivity contribution >= 4 is 60.4 Å². The highest BCUT2D eigenvalue weighted by molar-refractivity contribution is 7.32. The molecule has 2 heterocycles. The third-order valence-corrected chi connectivity index (χ3v) is 13.6. The lowest BCUT2D eigenvalue weighted by Crippen LogP contribution is -2.20. The van der Waals surface area contributed by atoms with Crippen molar-refractivity contribution in [2.75, 3.05) is 0 Å². The molecule has 62 heavy (non-hydrogen) atoms. The van der Waals surface area contributed by atoms with Crippen molar-refractivity contribution in [2.45, 2.75) is 107 Å². The van der Waals surface area contributed by atoms with Crippen molar-refractivity contribution in [1.29, 1.82) is 0 Å². The molecule has 0 atom stereocenters. The van der Waals surface area contributed by atoms with Crippen LogP contribution in [0.15, 0.2) is 126 Å². The zero-order valence-electron chi connectivity index (χ0n) is 38.3. The number of hydrogen-bond donors (Lipinski definition) is 0. The van der Waals surface area contributed by atoms with E-state index < -0.39 is 16.5 Å². The predicted molar refractivity (Wildman–Crippen MR) is 261 cm³/mol. The van der Waals surface area contributed by atoms with E-state index in [4.69, 9.17) is 25.8 Å². The van der Waals surface area contributed by atoms with Crippen LogP contribution in [0.25, 0.3) is 55.0 Å². The first kappa shape index (κ1) is 43.4. The van der Waals surface area contributed by atoms with E-state index >= 15 is 0 Å². The highest BCUT2D eigenvalue weighted by atomic mass is 31.1. The Kier molecular flexibility index (Phi) is 12.0. The molecule has 0 aliphatic carbocycles. The maximum Gasteiger partial charge on any atom is 0.453 e. The smallest absolute Gasteiger partial charge is 0.390 e. The molecule has 6 aromatic carbocycles. The molecular weight excluding hydrogens is 807 g/mol. The summed E-state index contributed by atoms with van der Waals surface area (Å²) in [4.78, 5) is 0. The SMILES string of the molecule is Cc1c(CC(C)C)cc(CC(C)C)c(Op2oc3ccccc3c3ccccc3o2)c1-c1c(C)c(C(C)(C)C)cc(C(C)(C)C)c1Op1oc2ccccc2c2ccccc2o1. The summed E-state index contributed by atoms with van der Waals surface area (Å²) >= 11 is 0. The van der Waals surface area contributed by atoms with Crippen molar-refractivity contribution in [3.05, 3.63) is 143 Å². The average molecular weight is 867 g/mol. The van der Waals surface area contributed by atoms with Gasteiger partial charge in [0.25, 0.3) is 0 Å². The lowest BCUT2D eigenvalue weighted by atomic mass is 9.74. The fourth-order valence-corrected chi connectivity index (χ4v) is 10.9. The Labute approximate surface area is 368 Å². The van der Waals surface area contributed by atoms with Gasteiger partial charge in [0, 0.05) is 38.2 Å². The summed E-state index contributed by atoms with van der Waals surface area (Å²) in [6.45, 7) is 27.2. The van der Waals surface area contributed by atoms with Gasteiger partial charge in [0.05, 0.1) is 0 Å². The summed E-state index contributed by atoms with van der Waals surface area (Å²) in [6.07, 6.45) is 1.69. The number of fused-ring (bicyclic) bond motifs is 6. The molecular formula is C54H60O6P2. The third-order valence-electron chi connectivity index (χ3n) is 11.5. The van der Waals surface area contributed by atoms with Crippen molar-refractivity contribution < 1.29 is 25.8 Å². The molecule has 0 aliphatic heterocycles. The van der Waals surface area contributed by atoms with Crippen LogP contribution in [0, 0.1) is 25.7 Å². The van der Waals surface area contributed by atoms with Gasteiger partial charge in [-0.3, -0.25) is 0 Å². The zero-order chi connectivity index (χ0) is 44.1. The van der Waals surface area contributed by atoms with E-state index in [-0.39, 0.29) is 10.8 Å². The maximum absolute atomic E-state index is 7.40. The van der Waals surface area contributed by atoms with Gasteiger partial charge >= 0.3 is 16.5 Å². The molecule has 0 radical (unpaired) electrons. The Morgan fingerprint density at radius 3 is 1.19 bits per heavy atom. The molecule has 6 nitrogen and oxygen atoms in total. The molecule has 8 heteroatoms. The molecule has 0 saturated carbocycles. The Morgan fingerprint density at radius 1 is 0.452 bits per heavy atom. The highest BCUT2D eigenvalue weighted by Gasteiger charge is 2.34. The fourth-order valence-electron chi connectivity index (χ4n) is 8.67. The molecule has 322 valence electrons. The van der Waals surface area contributed by atoms with Crippen LogP contribution in [0.1, 0.15) is 103 Å². The fraction of sp³-hybridized carbons (Fsp3) is 0.333. The van der Waals surface area contributed by atoms with E-state index in [1.165, 1.54) is 11.1 Å². The minimum atomic E-state index is -1.99. The van der Waals surface area contributed by atoms with E-state index in [2.05, 4.69) is 119 Å². The lowest BCUT2D eigenvalue weighted by molar-refractivity contribution is 0.474. The third kappa shape index (κ3) is 8.70. The maximum atomic E-state index is 7.40. The second-order valence-electron chi connectivity index (χ2n) is 19.5. The highest BCUT2D eigenvalue weighted by Crippen LogP contribution is 2.55. The van der Waals surface area contributed by atoms with Gasteiger partial charge < -0.3 is 25.8 Å². The van der Waals surface area contributed by atoms with Crippen molar-refractivity contribution in [3.8, 4) is 22.6 Å². The van der Waals surface area contributed by atoms with Gasteiger partial charge in [-0.05, 0) is 101 Å². The molecule has 0 spiro atoms. The molecule has 0 unspecified atom stereocenters. The molecule has 8 aromatic rings. The molecule has 2 aromatic heterocycles. The van der Waals surface area contributed by atoms with Gasteiger partial charge in [-0.1, -0.05) is 154 Å². The van der Waals surface area contributed by atoms with E-state index in [0.29, 0.717) is 11.8 Å². The quantitative estimate of drug-likeness (QED) is 0.144. The number of hydrogen-bond acceptors (Lipinski definition) is 6. The van der Waals surface area contributed by atoms with Gasteiger partial charge in [-0.2, -0.15) is 0 Å². The number of para-hydroxylation sites is 4. The number of rotatable bonds is 9. The molecule has 0 fully saturated rings. The van der Waals surface area contributed by atoms with Crippen molar-refractivity contribution in [3.63, 3.8) is 0 Å². The van der Waals surface area contributed by atoms with E-state index in [0.717, 1.165) is 102 Å². The van der Waals surface area contributed by atoms with Crippen LogP contribution in [0.5, 0.6) is 11.5 Å². The molecule has 0 bridgehead atoms. The van der Waals surface area contributed by atoms with Crippen LogP contribution < -0.4 is 9.05 Å². The minimum absolute atomic E-state index is 0.202. The topological polar surface area (TPSA) is 71.0 Å². The summed E-state index contributed by atoms with van der Waals surface area (Å²) in [6, 6.07) is 37.1. The summed E-state index contributed by atoms with van der Waals surface area (Å²) in [5.74, 6) is 2.23. The summed E-state index contributed by atoms with van der Waals surface area (Å²) in [7, 11) is -3.97. The molecule has 0 aliphatic rings. The van der Waals surface area contributed by atoms with Crippen LogP contribution in [-0.2, 0) is 23.7 Å². The van der Waals surface area contributed by atoms with Gasteiger partial charge in [-0.15, -0.1) is 0 Å². The van der Waals surface area contributed by atoms with E-state index in [9.17, 15) is 0 Å². The second kappa shape index (κ2) is 17.1. The van der Waals surface area contributed by atoms with Crippen LogP contribution >= 0.6 is 16.5 Å². The van der Waals surface area contributed by atoms with Crippen molar-refractivity contribution in [2.24, 2.45) is 11.8 Å². The average Bonchev–Trinajstić information content (AvgIpc) is 3.46. The molecule has 0 saturated heterocycles. The number of benzene rings is 6. The predicted octanol–water partition coefficient (Wildman–Crippen LogP) is 17.9. The summed E-state index contributed by atoms with van der Waals surface area (Å²) < 4.78 is 42.0. The van der Waals surface area contributed by atoms with Crippen LogP contribution in [0.2, 0.25) is 0 Å². The lowest BCUT2D eigenvalue weighted by Gasteiger charge is -2.32. The molecule has 8 rings (SSSR count). The van der Waals surface area contributed by atoms with Crippen molar-refractivity contribution in [1.82, 2.24) is 0 Å². The summed E-state index contributed by atoms with van der Waals surface area (Å²) in [5, 5.41) is 3.87. The Morgan fingerprint density at radius 2 is 0.806 bits per heavy atom. The van der Waals surface area contributed by atoms with Crippen LogP contribution in [-0.4, -0.2) is 0 Å². The van der Waals surface area contributed by atoms with E-state index in [1.54, 1.807) is 0 Å². The van der Waals surface area contributed by atoms with Crippen LogP contribution in [0.3, 0.4) is 0 Å². The first-order chi connectivity index (χ1) is 29.5. The van der Waals surface area contributed by atoms with Gasteiger partial charge in [0.2, 0.25) is 0 Å². The molecule has 0 amide bonds. The first-order valence-electron chi connectivity index (χ1n) is 21.9. The Balaban J connectivity index is 1.52. The largest absolute Gasteiger partial charge is 0.453 e. The summed E-state index contributed by atoms with van der Waals surface area (Å²) in [5.41, 5.74) is 11.2. The van der Waals surface area contributed by atoms with Gasteiger partial charge in [0.15, 0.2) is 0 Å². The Hall–Kier alpha value is -5.28. The first-order valence-corrected chi connectivity index (χ1v) is 24.1. The van der Waals surface area contributed by atoms with Crippen LogP contribution in [0.4, 0.5) is 0 Å². The van der Waals surface area contributed by atoms with E-state index in [1.807, 2.05) is 72.8 Å². The Bertz CT molecular complexity index is 2910. The standard InChI is InChI=1S/C54H60O6P2/c1-33(2)29-37-31-38(30-34(3)4)51(59-61-55-45-25-17-13-21-39(45)40-22-14-18-26-46(40)56-61)49(35(37)5)50-36(6)43(53(7,8)9)32-44(54(10,11)12)52(50)60-62-57-47-27-19-15-23-41(47)42-24-16-20-28-48(42)58-62/h13-28,31-34H,29-30H2,1-12H3. The van der Waals surface area contributed by atoms with Gasteiger partial charge in [-0.25, -0.2) is 0 Å².